The van der Waals surface area contributed by atoms with E-state index in [2.05, 4.69) is 0 Å². The molecule has 20 heteroatoms. The van der Waals surface area contributed by atoms with Crippen molar-refractivity contribution in [3.8, 4) is 92.0 Å². The molecule has 4 aliphatic rings. The lowest BCUT2D eigenvalue weighted by molar-refractivity contribution is -0.136. The number of esters is 4. The molecule has 0 aliphatic carbocycles. The van der Waals surface area contributed by atoms with Crippen LogP contribution in [-0.4, -0.2) is 97.2 Å². The quantitative estimate of drug-likeness (QED) is 0.0548. The number of fused-ring (bicyclic) bond motifs is 4. The maximum Gasteiger partial charge on any atom is 0.312 e. The third-order valence-corrected chi connectivity index (χ3v) is 14.7. The zero-order valence-corrected chi connectivity index (χ0v) is 47.4. The van der Waals surface area contributed by atoms with E-state index in [9.17, 15) is 49.8 Å². The van der Waals surface area contributed by atoms with Gasteiger partial charge in [0, 0.05) is 94.5 Å². The minimum absolute atomic E-state index is 0.0231. The van der Waals surface area contributed by atoms with Crippen molar-refractivity contribution in [2.75, 3.05) is 42.7 Å². The van der Waals surface area contributed by atoms with Gasteiger partial charge in [0.1, 0.15) is 92.0 Å². The van der Waals surface area contributed by atoms with Gasteiger partial charge in [-0.05, 0) is 70.8 Å². The number of rotatable bonds is 10. The second kappa shape index (κ2) is 26.2. The van der Waals surface area contributed by atoms with E-state index in [-0.39, 0.29) is 108 Å². The number of hydrogen-bond donors (Lipinski definition) is 6. The summed E-state index contributed by atoms with van der Waals surface area (Å²) >= 11 is 0. The standard InChI is InChI=1S/2C17H16O5.2C16H14O5/c2*1-20-11-5-3-10(4-6-11)13-9-16(19)22-15-8-12(21-2)7-14(18)17(13)15;2*1-20-11-6-13(18)16-12(8-15(19)21-14(16)7-11)9-2-4-10(17)5-3-9/h2*3-8,13,18H,9H2,1-2H3;2*2-7,12,17-18H,8H2,1H3/t2*13-;2*12-/m1010/s1. The van der Waals surface area contributed by atoms with Gasteiger partial charge in [-0.3, -0.25) is 19.2 Å². The summed E-state index contributed by atoms with van der Waals surface area (Å²) in [6.45, 7) is 0. The average molecular weight is 1170 g/mol. The maximum absolute atomic E-state index is 11.9. The van der Waals surface area contributed by atoms with Gasteiger partial charge in [0.15, 0.2) is 0 Å². The lowest BCUT2D eigenvalue weighted by atomic mass is 9.85. The van der Waals surface area contributed by atoms with Gasteiger partial charge < -0.3 is 78.0 Å². The van der Waals surface area contributed by atoms with Gasteiger partial charge in [-0.15, -0.1) is 0 Å². The number of phenolic OH excluding ortho intramolecular Hbond substituents is 6. The molecule has 4 atom stereocenters. The Balaban J connectivity index is 0.000000137. The van der Waals surface area contributed by atoms with E-state index in [0.29, 0.717) is 68.2 Å². The molecule has 0 bridgehead atoms. The van der Waals surface area contributed by atoms with E-state index in [1.165, 1.54) is 52.7 Å². The summed E-state index contributed by atoms with van der Waals surface area (Å²) in [5, 5.41) is 59.8. The van der Waals surface area contributed by atoms with Crippen LogP contribution in [0.25, 0.3) is 0 Å². The van der Waals surface area contributed by atoms with Crippen molar-refractivity contribution in [2.45, 2.75) is 49.4 Å². The number of carbonyl (C=O) groups excluding carboxylic acids is 4. The molecule has 0 fully saturated rings. The van der Waals surface area contributed by atoms with Crippen LogP contribution in [0.1, 0.15) is 93.9 Å². The number of phenols is 6. The van der Waals surface area contributed by atoms with Gasteiger partial charge in [0.05, 0.1) is 68.3 Å². The van der Waals surface area contributed by atoms with E-state index < -0.39 is 0 Å². The number of aromatic hydroxyl groups is 6. The Morgan fingerprint density at radius 1 is 0.291 bits per heavy atom. The number of methoxy groups -OCH3 is 6. The Morgan fingerprint density at radius 3 is 0.686 bits per heavy atom. The molecule has 86 heavy (non-hydrogen) atoms. The van der Waals surface area contributed by atoms with Gasteiger partial charge in [-0.2, -0.15) is 0 Å². The molecule has 12 rings (SSSR count). The first-order valence-corrected chi connectivity index (χ1v) is 26.7. The SMILES string of the molecule is COc1cc(O)c2c(c1)OC(=O)C[C@@H]2c1ccc(O)cc1.COc1cc(O)c2c(c1)OC(=O)C[C@H]2c1ccc(O)cc1.COc1ccc([C@@H]2CC(=O)Oc3cc(OC)cc(O)c32)cc1.COc1ccc([C@H]2CC(=O)Oc3cc(OC)cc(O)c32)cc1. The Bertz CT molecular complexity index is 3540. The van der Waals surface area contributed by atoms with Crippen molar-refractivity contribution < 1.29 is 97.2 Å². The number of hydrogen-bond acceptors (Lipinski definition) is 20. The minimum atomic E-state index is -0.367. The fraction of sp³-hybridized carbons (Fsp3) is 0.212. The highest BCUT2D eigenvalue weighted by Gasteiger charge is 2.36. The second-order valence-corrected chi connectivity index (χ2v) is 19.9. The summed E-state index contributed by atoms with van der Waals surface area (Å²) in [4.78, 5) is 47.3. The van der Waals surface area contributed by atoms with Gasteiger partial charge in [0.2, 0.25) is 0 Å². The van der Waals surface area contributed by atoms with Gasteiger partial charge in [-0.25, -0.2) is 0 Å². The molecule has 0 unspecified atom stereocenters. The van der Waals surface area contributed by atoms with Crippen molar-refractivity contribution in [1.29, 1.82) is 0 Å². The van der Waals surface area contributed by atoms with Crippen LogP contribution >= 0.6 is 0 Å². The first-order chi connectivity index (χ1) is 41.4. The predicted molar refractivity (Wildman–Crippen MR) is 309 cm³/mol. The number of ether oxygens (including phenoxy) is 10. The molecular formula is C66H60O20. The fourth-order valence-electron chi connectivity index (χ4n) is 10.5. The van der Waals surface area contributed by atoms with E-state index in [4.69, 9.17) is 47.4 Å². The van der Waals surface area contributed by atoms with Gasteiger partial charge in [0.25, 0.3) is 0 Å². The Kier molecular flexibility index (Phi) is 18.2. The van der Waals surface area contributed by atoms with Crippen molar-refractivity contribution in [2.24, 2.45) is 0 Å². The molecule has 20 nitrogen and oxygen atoms in total. The molecule has 4 heterocycles. The highest BCUT2D eigenvalue weighted by atomic mass is 16.6. The lowest BCUT2D eigenvalue weighted by Gasteiger charge is -2.26. The van der Waals surface area contributed by atoms with Crippen LogP contribution in [-0.2, 0) is 19.2 Å². The maximum atomic E-state index is 11.9. The van der Waals surface area contributed by atoms with Gasteiger partial charge >= 0.3 is 23.9 Å². The van der Waals surface area contributed by atoms with Crippen LogP contribution < -0.4 is 47.4 Å². The molecule has 4 aliphatic heterocycles. The van der Waals surface area contributed by atoms with Crippen LogP contribution in [0.5, 0.6) is 92.0 Å². The van der Waals surface area contributed by atoms with Crippen LogP contribution in [0.4, 0.5) is 0 Å². The third-order valence-electron chi connectivity index (χ3n) is 14.7. The zero-order valence-electron chi connectivity index (χ0n) is 47.4. The minimum Gasteiger partial charge on any atom is -0.508 e. The molecule has 0 radical (unpaired) electrons. The molecule has 444 valence electrons. The summed E-state index contributed by atoms with van der Waals surface area (Å²) in [7, 11) is 9.13. The predicted octanol–water partition coefficient (Wildman–Crippen LogP) is 10.8. The Labute approximate surface area is 493 Å². The summed E-state index contributed by atoms with van der Waals surface area (Å²) in [6.07, 6.45) is 0.633. The molecule has 8 aromatic rings. The van der Waals surface area contributed by atoms with Crippen molar-refractivity contribution in [1.82, 2.24) is 0 Å². The Morgan fingerprint density at radius 2 is 0.488 bits per heavy atom. The second-order valence-electron chi connectivity index (χ2n) is 19.9. The summed E-state index contributed by atoms with van der Waals surface area (Å²) < 4.78 is 51.5. The van der Waals surface area contributed by atoms with Crippen LogP contribution in [0.2, 0.25) is 0 Å². The molecule has 6 N–H and O–H groups in total. The molecule has 0 saturated heterocycles. The normalized spacial score (nSPS) is 16.8. The molecule has 0 aromatic heterocycles. The monoisotopic (exact) mass is 1170 g/mol. The third kappa shape index (κ3) is 13.3. The largest absolute Gasteiger partial charge is 0.508 e. The first-order valence-electron chi connectivity index (χ1n) is 26.7. The molecule has 8 aromatic carbocycles. The van der Waals surface area contributed by atoms with E-state index in [1.807, 2.05) is 48.5 Å². The fourth-order valence-corrected chi connectivity index (χ4v) is 10.5. The zero-order chi connectivity index (χ0) is 61.3. The molecule has 0 saturated carbocycles. The topological polar surface area (TPSA) is 282 Å². The van der Waals surface area contributed by atoms with E-state index >= 15 is 0 Å². The van der Waals surface area contributed by atoms with E-state index in [1.54, 1.807) is 87.0 Å². The smallest absolute Gasteiger partial charge is 0.312 e. The molecular weight excluding hydrogens is 1110 g/mol. The first kappa shape index (κ1) is 59.8. The van der Waals surface area contributed by atoms with E-state index in [0.717, 1.165) is 33.8 Å². The molecule has 0 spiro atoms. The highest BCUT2D eigenvalue weighted by Crippen LogP contribution is 2.50. The van der Waals surface area contributed by atoms with Crippen molar-refractivity contribution >= 4 is 23.9 Å². The molecule has 0 amide bonds. The summed E-state index contributed by atoms with van der Waals surface area (Å²) in [6, 6.07) is 40.4. The highest BCUT2D eigenvalue weighted by molar-refractivity contribution is 5.82. The van der Waals surface area contributed by atoms with Crippen LogP contribution in [0, 0.1) is 0 Å². The van der Waals surface area contributed by atoms with Crippen LogP contribution in [0.3, 0.4) is 0 Å². The van der Waals surface area contributed by atoms with Crippen molar-refractivity contribution in [3.05, 3.63) is 190 Å². The number of benzene rings is 8. The lowest BCUT2D eigenvalue weighted by Crippen LogP contribution is -2.21. The summed E-state index contributed by atoms with van der Waals surface area (Å²) in [5.41, 5.74) is 5.80. The Hall–Kier alpha value is -10.8. The average Bonchev–Trinajstić information content (AvgIpc) is 3.65. The van der Waals surface area contributed by atoms with Crippen LogP contribution in [0.15, 0.2) is 146 Å². The summed E-state index contributed by atoms with van der Waals surface area (Å²) in [5.74, 6) is 2.43. The van der Waals surface area contributed by atoms with Crippen molar-refractivity contribution in [3.63, 3.8) is 0 Å². The number of carbonyl (C=O) groups is 4. The van der Waals surface area contributed by atoms with Gasteiger partial charge in [-0.1, -0.05) is 48.5 Å².